The van der Waals surface area contributed by atoms with Gasteiger partial charge in [-0.3, -0.25) is 9.48 Å². The molecule has 0 spiro atoms. The Labute approximate surface area is 112 Å². The Balaban J connectivity index is 1.67. The predicted octanol–water partition coefficient (Wildman–Crippen LogP) is 2.26. The number of aryl methyl sites for hydroxylation is 2. The molecule has 1 aliphatic rings. The summed E-state index contributed by atoms with van der Waals surface area (Å²) in [5.41, 5.74) is 3.24. The number of benzene rings is 1. The molecule has 1 aromatic carbocycles. The molecule has 3 rings (SSSR count). The number of ketones is 1. The van der Waals surface area contributed by atoms with Crippen LogP contribution in [0.5, 0.6) is 5.75 Å². The summed E-state index contributed by atoms with van der Waals surface area (Å²) in [6, 6.07) is 6.35. The molecule has 0 fully saturated rings. The van der Waals surface area contributed by atoms with E-state index in [0.717, 1.165) is 31.7 Å². The molecule has 0 saturated carbocycles. The lowest BCUT2D eigenvalue weighted by atomic mass is 10.1. The first kappa shape index (κ1) is 12.0. The first-order valence-corrected chi connectivity index (χ1v) is 6.50. The Morgan fingerprint density at radius 2 is 2.37 bits per heavy atom. The molecule has 98 valence electrons. The molecular formula is C15H16N2O2. The number of nitrogens with zero attached hydrogens (tertiary/aromatic N) is 2. The number of ether oxygens (including phenoxy) is 1. The Morgan fingerprint density at radius 3 is 3.16 bits per heavy atom. The van der Waals surface area contributed by atoms with Gasteiger partial charge in [0.1, 0.15) is 5.75 Å². The van der Waals surface area contributed by atoms with Gasteiger partial charge < -0.3 is 4.74 Å². The van der Waals surface area contributed by atoms with Gasteiger partial charge >= 0.3 is 0 Å². The lowest BCUT2D eigenvalue weighted by Gasteiger charge is -2.04. The van der Waals surface area contributed by atoms with E-state index in [2.05, 4.69) is 17.2 Å². The Kier molecular flexibility index (Phi) is 3.07. The van der Waals surface area contributed by atoms with Gasteiger partial charge in [0.05, 0.1) is 18.4 Å². The summed E-state index contributed by atoms with van der Waals surface area (Å²) >= 11 is 0. The first-order chi connectivity index (χ1) is 9.22. The minimum Gasteiger partial charge on any atom is -0.493 e. The van der Waals surface area contributed by atoms with Crippen LogP contribution in [0.4, 0.5) is 0 Å². The SMILES string of the molecule is CC(=O)c1cnn(CCc2ccc3c(c2)CCO3)c1. The highest BCUT2D eigenvalue weighted by Crippen LogP contribution is 2.26. The first-order valence-electron chi connectivity index (χ1n) is 6.50. The van der Waals surface area contributed by atoms with Gasteiger partial charge in [-0.25, -0.2) is 0 Å². The number of rotatable bonds is 4. The van der Waals surface area contributed by atoms with Gasteiger partial charge in [-0.05, 0) is 30.5 Å². The number of hydrogen-bond donors (Lipinski definition) is 0. The number of carbonyl (C=O) groups excluding carboxylic acids is 1. The third-order valence-electron chi connectivity index (χ3n) is 3.42. The summed E-state index contributed by atoms with van der Waals surface area (Å²) in [6.45, 7) is 3.13. The van der Waals surface area contributed by atoms with Crippen molar-refractivity contribution in [2.24, 2.45) is 0 Å². The van der Waals surface area contributed by atoms with E-state index in [1.54, 1.807) is 19.3 Å². The summed E-state index contributed by atoms with van der Waals surface area (Å²) in [4.78, 5) is 11.2. The maximum Gasteiger partial charge on any atom is 0.162 e. The van der Waals surface area contributed by atoms with E-state index < -0.39 is 0 Å². The molecule has 2 heterocycles. The third-order valence-corrected chi connectivity index (χ3v) is 3.42. The van der Waals surface area contributed by atoms with Gasteiger partial charge in [0.15, 0.2) is 5.78 Å². The second kappa shape index (κ2) is 4.88. The molecule has 4 nitrogen and oxygen atoms in total. The zero-order valence-electron chi connectivity index (χ0n) is 10.9. The van der Waals surface area contributed by atoms with Crippen molar-refractivity contribution in [2.75, 3.05) is 6.61 Å². The van der Waals surface area contributed by atoms with Gasteiger partial charge in [0.25, 0.3) is 0 Å². The number of Topliss-reactive ketones (excluding diaryl/α,β-unsaturated/α-hetero) is 1. The molecule has 0 unspecified atom stereocenters. The standard InChI is InChI=1S/C15H16N2O2/c1-11(18)14-9-16-17(10-14)6-4-12-2-3-15-13(8-12)5-7-19-15/h2-3,8-10H,4-7H2,1H3. The molecule has 0 amide bonds. The minimum atomic E-state index is 0.0564. The summed E-state index contributed by atoms with van der Waals surface area (Å²) < 4.78 is 7.31. The van der Waals surface area contributed by atoms with Crippen LogP contribution < -0.4 is 4.74 Å². The van der Waals surface area contributed by atoms with Crippen LogP contribution in [0, 0.1) is 0 Å². The highest BCUT2D eigenvalue weighted by atomic mass is 16.5. The lowest BCUT2D eigenvalue weighted by Crippen LogP contribution is -2.02. The van der Waals surface area contributed by atoms with Gasteiger partial charge in [0.2, 0.25) is 0 Å². The second-order valence-electron chi connectivity index (χ2n) is 4.84. The molecule has 1 aliphatic heterocycles. The molecule has 0 aliphatic carbocycles. The van der Waals surface area contributed by atoms with Crippen molar-refractivity contribution in [3.05, 3.63) is 47.3 Å². The van der Waals surface area contributed by atoms with Crippen molar-refractivity contribution in [1.82, 2.24) is 9.78 Å². The van der Waals surface area contributed by atoms with Crippen LogP contribution >= 0.6 is 0 Å². The average Bonchev–Trinajstić information content (AvgIpc) is 3.04. The van der Waals surface area contributed by atoms with Crippen molar-refractivity contribution >= 4 is 5.78 Å². The summed E-state index contributed by atoms with van der Waals surface area (Å²) in [5, 5.41) is 4.20. The highest BCUT2D eigenvalue weighted by molar-refractivity contribution is 5.93. The molecule has 2 aromatic rings. The molecular weight excluding hydrogens is 240 g/mol. The number of hydrogen-bond acceptors (Lipinski definition) is 3. The predicted molar refractivity (Wildman–Crippen MR) is 71.6 cm³/mol. The molecule has 0 bridgehead atoms. The summed E-state index contributed by atoms with van der Waals surface area (Å²) in [5.74, 6) is 1.07. The van der Waals surface area contributed by atoms with E-state index in [1.165, 1.54) is 11.1 Å². The molecule has 0 radical (unpaired) electrons. The van der Waals surface area contributed by atoms with E-state index in [0.29, 0.717) is 5.56 Å². The van der Waals surface area contributed by atoms with Crippen LogP contribution in [0.2, 0.25) is 0 Å². The summed E-state index contributed by atoms with van der Waals surface area (Å²) in [7, 11) is 0. The van der Waals surface area contributed by atoms with Crippen LogP contribution in [0.1, 0.15) is 28.4 Å². The van der Waals surface area contributed by atoms with Gasteiger partial charge in [0, 0.05) is 19.2 Å². The van der Waals surface area contributed by atoms with E-state index in [1.807, 2.05) is 10.7 Å². The quantitative estimate of drug-likeness (QED) is 0.788. The van der Waals surface area contributed by atoms with Crippen molar-refractivity contribution in [3.63, 3.8) is 0 Å². The third kappa shape index (κ3) is 2.52. The van der Waals surface area contributed by atoms with Crippen LogP contribution in [0.25, 0.3) is 0 Å². The smallest absolute Gasteiger partial charge is 0.162 e. The fourth-order valence-corrected chi connectivity index (χ4v) is 2.31. The number of carbonyl (C=O) groups is 1. The van der Waals surface area contributed by atoms with Gasteiger partial charge in [-0.2, -0.15) is 5.10 Å². The Hall–Kier alpha value is -2.10. The van der Waals surface area contributed by atoms with Gasteiger partial charge in [-0.15, -0.1) is 0 Å². The van der Waals surface area contributed by atoms with Crippen LogP contribution in [0.15, 0.2) is 30.6 Å². The van der Waals surface area contributed by atoms with E-state index in [-0.39, 0.29) is 5.78 Å². The van der Waals surface area contributed by atoms with Crippen molar-refractivity contribution in [1.29, 1.82) is 0 Å². The normalized spacial score (nSPS) is 13.1. The Bertz CT molecular complexity index is 616. The number of fused-ring (bicyclic) bond motifs is 1. The molecule has 4 heteroatoms. The average molecular weight is 256 g/mol. The molecule has 1 aromatic heterocycles. The van der Waals surface area contributed by atoms with Crippen molar-refractivity contribution in [3.8, 4) is 5.75 Å². The van der Waals surface area contributed by atoms with Crippen molar-refractivity contribution < 1.29 is 9.53 Å². The minimum absolute atomic E-state index is 0.0564. The monoisotopic (exact) mass is 256 g/mol. The maximum absolute atomic E-state index is 11.2. The Morgan fingerprint density at radius 1 is 1.47 bits per heavy atom. The van der Waals surface area contributed by atoms with E-state index >= 15 is 0 Å². The maximum atomic E-state index is 11.2. The lowest BCUT2D eigenvalue weighted by molar-refractivity contribution is 0.101. The highest BCUT2D eigenvalue weighted by Gasteiger charge is 2.12. The largest absolute Gasteiger partial charge is 0.493 e. The van der Waals surface area contributed by atoms with Crippen molar-refractivity contribution in [2.45, 2.75) is 26.3 Å². The van der Waals surface area contributed by atoms with E-state index in [4.69, 9.17) is 4.74 Å². The molecule has 0 N–H and O–H groups in total. The van der Waals surface area contributed by atoms with E-state index in [9.17, 15) is 4.79 Å². The zero-order valence-corrected chi connectivity index (χ0v) is 10.9. The fourth-order valence-electron chi connectivity index (χ4n) is 2.31. The van der Waals surface area contributed by atoms with Gasteiger partial charge in [-0.1, -0.05) is 12.1 Å². The zero-order chi connectivity index (χ0) is 13.2. The molecule has 19 heavy (non-hydrogen) atoms. The topological polar surface area (TPSA) is 44.1 Å². The fraction of sp³-hybridized carbons (Fsp3) is 0.333. The second-order valence-corrected chi connectivity index (χ2v) is 4.84. The van der Waals surface area contributed by atoms with Crippen LogP contribution in [0.3, 0.4) is 0 Å². The molecule has 0 saturated heterocycles. The van der Waals surface area contributed by atoms with Crippen LogP contribution in [-0.2, 0) is 19.4 Å². The molecule has 0 atom stereocenters. The number of aromatic nitrogens is 2. The summed E-state index contributed by atoms with van der Waals surface area (Å²) in [6.07, 6.45) is 5.34. The van der Waals surface area contributed by atoms with Crippen LogP contribution in [-0.4, -0.2) is 22.2 Å².